The fourth-order valence-electron chi connectivity index (χ4n) is 1.76. The zero-order valence-electron chi connectivity index (χ0n) is 11.4. The van der Waals surface area contributed by atoms with E-state index in [-0.39, 0.29) is 5.91 Å². The highest BCUT2D eigenvalue weighted by Crippen LogP contribution is 2.20. The quantitative estimate of drug-likeness (QED) is 0.912. The second-order valence-corrected chi connectivity index (χ2v) is 5.44. The van der Waals surface area contributed by atoms with Crippen LogP contribution in [-0.4, -0.2) is 12.0 Å². The highest BCUT2D eigenvalue weighted by atomic mass is 79.9. The molecule has 0 radical (unpaired) electrons. The number of anilines is 1. The van der Waals surface area contributed by atoms with Gasteiger partial charge in [0.15, 0.2) is 6.10 Å². The summed E-state index contributed by atoms with van der Waals surface area (Å²) in [6.45, 7) is 3.68. The molecule has 2 aromatic carbocycles. The Balaban J connectivity index is 2.01. The molecule has 1 N–H and O–H groups in total. The van der Waals surface area contributed by atoms with E-state index < -0.39 is 6.10 Å². The number of ether oxygens (including phenoxy) is 1. The van der Waals surface area contributed by atoms with Crippen molar-refractivity contribution in [1.29, 1.82) is 0 Å². The Kier molecular flexibility index (Phi) is 4.79. The van der Waals surface area contributed by atoms with Crippen LogP contribution in [0.1, 0.15) is 12.5 Å². The van der Waals surface area contributed by atoms with Gasteiger partial charge in [0, 0.05) is 10.2 Å². The molecule has 3 nitrogen and oxygen atoms in total. The lowest BCUT2D eigenvalue weighted by Crippen LogP contribution is -2.30. The molecule has 1 atom stereocenters. The van der Waals surface area contributed by atoms with Crippen molar-refractivity contribution in [2.75, 3.05) is 5.32 Å². The van der Waals surface area contributed by atoms with Crippen molar-refractivity contribution >= 4 is 27.5 Å². The van der Waals surface area contributed by atoms with Crippen LogP contribution in [0.25, 0.3) is 0 Å². The van der Waals surface area contributed by atoms with E-state index in [1.165, 1.54) is 0 Å². The van der Waals surface area contributed by atoms with Crippen molar-refractivity contribution in [3.05, 3.63) is 58.6 Å². The van der Waals surface area contributed by atoms with Crippen LogP contribution in [0.15, 0.2) is 53.0 Å². The molecular weight excluding hydrogens is 318 g/mol. The van der Waals surface area contributed by atoms with Crippen LogP contribution in [0.3, 0.4) is 0 Å². The SMILES string of the molecule is Cc1cc(Br)ccc1NC(=O)[C@@H](C)Oc1ccccc1. The summed E-state index contributed by atoms with van der Waals surface area (Å²) >= 11 is 3.40. The number of amides is 1. The van der Waals surface area contributed by atoms with E-state index >= 15 is 0 Å². The molecule has 0 unspecified atom stereocenters. The van der Waals surface area contributed by atoms with Crippen LogP contribution in [0.5, 0.6) is 5.75 Å². The van der Waals surface area contributed by atoms with Crippen LogP contribution in [0, 0.1) is 6.92 Å². The smallest absolute Gasteiger partial charge is 0.265 e. The molecular formula is C16H16BrNO2. The topological polar surface area (TPSA) is 38.3 Å². The van der Waals surface area contributed by atoms with E-state index in [2.05, 4.69) is 21.2 Å². The molecule has 2 rings (SSSR count). The van der Waals surface area contributed by atoms with Gasteiger partial charge in [-0.3, -0.25) is 4.79 Å². The highest BCUT2D eigenvalue weighted by molar-refractivity contribution is 9.10. The van der Waals surface area contributed by atoms with E-state index in [1.807, 2.05) is 55.5 Å². The number of nitrogens with one attached hydrogen (secondary N) is 1. The minimum Gasteiger partial charge on any atom is -0.481 e. The van der Waals surface area contributed by atoms with Gasteiger partial charge in [-0.2, -0.15) is 0 Å². The Bertz CT molecular complexity index is 599. The van der Waals surface area contributed by atoms with Gasteiger partial charge >= 0.3 is 0 Å². The third-order valence-electron chi connectivity index (χ3n) is 2.87. The predicted octanol–water partition coefficient (Wildman–Crippen LogP) is 4.16. The fraction of sp³-hybridized carbons (Fsp3) is 0.188. The van der Waals surface area contributed by atoms with Crippen molar-refractivity contribution in [1.82, 2.24) is 0 Å². The van der Waals surface area contributed by atoms with E-state index in [1.54, 1.807) is 6.92 Å². The number of rotatable bonds is 4. The van der Waals surface area contributed by atoms with Crippen molar-refractivity contribution in [3.63, 3.8) is 0 Å². The van der Waals surface area contributed by atoms with Gasteiger partial charge in [-0.05, 0) is 49.7 Å². The summed E-state index contributed by atoms with van der Waals surface area (Å²) in [5.41, 5.74) is 1.79. The first-order valence-electron chi connectivity index (χ1n) is 6.35. The van der Waals surface area contributed by atoms with Crippen LogP contribution in [-0.2, 0) is 4.79 Å². The molecule has 1 amide bonds. The van der Waals surface area contributed by atoms with Gasteiger partial charge in [0.05, 0.1) is 0 Å². The summed E-state index contributed by atoms with van der Waals surface area (Å²) < 4.78 is 6.58. The lowest BCUT2D eigenvalue weighted by molar-refractivity contribution is -0.122. The predicted molar refractivity (Wildman–Crippen MR) is 84.0 cm³/mol. The molecule has 0 bridgehead atoms. The number of carbonyl (C=O) groups excluding carboxylic acids is 1. The van der Waals surface area contributed by atoms with Gasteiger partial charge in [-0.25, -0.2) is 0 Å². The van der Waals surface area contributed by atoms with E-state index in [4.69, 9.17) is 4.74 Å². The average molecular weight is 334 g/mol. The lowest BCUT2D eigenvalue weighted by atomic mass is 10.2. The van der Waals surface area contributed by atoms with E-state index in [9.17, 15) is 4.79 Å². The molecule has 0 saturated carbocycles. The minimum absolute atomic E-state index is 0.167. The molecule has 4 heteroatoms. The molecule has 0 aliphatic carbocycles. The van der Waals surface area contributed by atoms with Crippen molar-refractivity contribution in [2.24, 2.45) is 0 Å². The molecule has 0 aliphatic heterocycles. The van der Waals surface area contributed by atoms with Crippen LogP contribution < -0.4 is 10.1 Å². The first-order valence-corrected chi connectivity index (χ1v) is 7.14. The number of benzene rings is 2. The zero-order chi connectivity index (χ0) is 14.5. The lowest BCUT2D eigenvalue weighted by Gasteiger charge is -2.15. The molecule has 20 heavy (non-hydrogen) atoms. The molecule has 0 fully saturated rings. The van der Waals surface area contributed by atoms with E-state index in [0.29, 0.717) is 5.75 Å². The van der Waals surface area contributed by atoms with Gasteiger partial charge in [0.1, 0.15) is 5.75 Å². The van der Waals surface area contributed by atoms with Crippen LogP contribution in [0.2, 0.25) is 0 Å². The van der Waals surface area contributed by atoms with Gasteiger partial charge in [-0.1, -0.05) is 34.1 Å². The number of carbonyl (C=O) groups is 1. The second-order valence-electron chi connectivity index (χ2n) is 4.52. The van der Waals surface area contributed by atoms with Crippen molar-refractivity contribution in [2.45, 2.75) is 20.0 Å². The fourth-order valence-corrected chi connectivity index (χ4v) is 2.23. The standard InChI is InChI=1S/C16H16BrNO2/c1-11-10-13(17)8-9-15(11)18-16(19)12(2)20-14-6-4-3-5-7-14/h3-10,12H,1-2H3,(H,18,19)/t12-/m1/s1. The van der Waals surface area contributed by atoms with Gasteiger partial charge in [0.2, 0.25) is 0 Å². The Hall–Kier alpha value is -1.81. The first kappa shape index (κ1) is 14.6. The molecule has 0 saturated heterocycles. The summed E-state index contributed by atoms with van der Waals surface area (Å²) in [7, 11) is 0. The third kappa shape index (κ3) is 3.84. The van der Waals surface area contributed by atoms with Crippen molar-refractivity contribution < 1.29 is 9.53 Å². The highest BCUT2D eigenvalue weighted by Gasteiger charge is 2.15. The Morgan fingerprint density at radius 1 is 1.20 bits per heavy atom. The van der Waals surface area contributed by atoms with Gasteiger partial charge < -0.3 is 10.1 Å². The Labute approximate surface area is 127 Å². The Morgan fingerprint density at radius 3 is 2.55 bits per heavy atom. The monoisotopic (exact) mass is 333 g/mol. The van der Waals surface area contributed by atoms with E-state index in [0.717, 1.165) is 15.7 Å². The summed E-state index contributed by atoms with van der Waals surface area (Å²) in [5.74, 6) is 0.516. The third-order valence-corrected chi connectivity index (χ3v) is 3.36. The number of halogens is 1. The second kappa shape index (κ2) is 6.57. The van der Waals surface area contributed by atoms with Crippen molar-refractivity contribution in [3.8, 4) is 5.75 Å². The molecule has 0 aliphatic rings. The largest absolute Gasteiger partial charge is 0.481 e. The molecule has 104 valence electrons. The Morgan fingerprint density at radius 2 is 1.90 bits per heavy atom. The summed E-state index contributed by atoms with van der Waals surface area (Å²) in [6, 6.07) is 15.0. The maximum atomic E-state index is 12.1. The number of hydrogen-bond acceptors (Lipinski definition) is 2. The summed E-state index contributed by atoms with van der Waals surface area (Å²) in [4.78, 5) is 12.1. The number of para-hydroxylation sites is 1. The molecule has 0 heterocycles. The summed E-state index contributed by atoms with van der Waals surface area (Å²) in [6.07, 6.45) is -0.555. The van der Waals surface area contributed by atoms with Crippen LogP contribution >= 0.6 is 15.9 Å². The molecule has 0 aromatic heterocycles. The maximum Gasteiger partial charge on any atom is 0.265 e. The average Bonchev–Trinajstić information content (AvgIpc) is 2.43. The number of hydrogen-bond donors (Lipinski definition) is 1. The first-order chi connectivity index (χ1) is 9.56. The molecule has 2 aromatic rings. The van der Waals surface area contributed by atoms with Crippen LogP contribution in [0.4, 0.5) is 5.69 Å². The minimum atomic E-state index is -0.555. The normalized spacial score (nSPS) is 11.8. The van der Waals surface area contributed by atoms with Gasteiger partial charge in [-0.15, -0.1) is 0 Å². The van der Waals surface area contributed by atoms with Gasteiger partial charge in [0.25, 0.3) is 5.91 Å². The number of aryl methyl sites for hydroxylation is 1. The maximum absolute atomic E-state index is 12.1. The molecule has 0 spiro atoms. The summed E-state index contributed by atoms with van der Waals surface area (Å²) in [5, 5.41) is 2.87. The zero-order valence-corrected chi connectivity index (χ0v) is 13.0.